The molecule has 1 unspecified atom stereocenters. The van der Waals surface area contributed by atoms with Gasteiger partial charge >= 0.3 is 0 Å². The molecule has 1 aliphatic rings. The fourth-order valence-electron chi connectivity index (χ4n) is 2.87. The third-order valence-corrected chi connectivity index (χ3v) is 4.12. The van der Waals surface area contributed by atoms with Gasteiger partial charge in [0.1, 0.15) is 0 Å². The molecule has 4 nitrogen and oxygen atoms in total. The van der Waals surface area contributed by atoms with Gasteiger partial charge in [-0.3, -0.25) is 9.69 Å². The molecule has 1 fully saturated rings. The van der Waals surface area contributed by atoms with Crippen LogP contribution in [0.1, 0.15) is 30.1 Å². The van der Waals surface area contributed by atoms with Gasteiger partial charge < -0.3 is 10.6 Å². The van der Waals surface area contributed by atoms with Crippen molar-refractivity contribution in [3.8, 4) is 0 Å². The number of rotatable bonds is 4. The maximum atomic E-state index is 12.4. The molecule has 1 heterocycles. The Morgan fingerprint density at radius 2 is 2.25 bits per heavy atom. The minimum atomic E-state index is -0.0258. The van der Waals surface area contributed by atoms with E-state index < -0.39 is 0 Å². The van der Waals surface area contributed by atoms with Crippen molar-refractivity contribution in [2.75, 3.05) is 32.4 Å². The number of carbonyl (C=O) groups excluding carboxylic acids is 1. The predicted octanol–water partition coefficient (Wildman–Crippen LogP) is 2.48. The van der Waals surface area contributed by atoms with Gasteiger partial charge in [-0.15, -0.1) is 0 Å². The van der Waals surface area contributed by atoms with Gasteiger partial charge in [-0.2, -0.15) is 0 Å². The highest BCUT2D eigenvalue weighted by atomic mass is 35.5. The van der Waals surface area contributed by atoms with E-state index in [0.29, 0.717) is 22.3 Å². The average molecular weight is 296 g/mol. The van der Waals surface area contributed by atoms with E-state index in [9.17, 15) is 4.79 Å². The molecule has 1 amide bonds. The summed E-state index contributed by atoms with van der Waals surface area (Å²) in [6.45, 7) is 5.08. The van der Waals surface area contributed by atoms with Crippen molar-refractivity contribution >= 4 is 23.2 Å². The van der Waals surface area contributed by atoms with Crippen LogP contribution in [0.3, 0.4) is 0 Å². The molecule has 0 aliphatic carbocycles. The first kappa shape index (κ1) is 15.1. The monoisotopic (exact) mass is 295 g/mol. The average Bonchev–Trinajstić information content (AvgIpc) is 2.83. The SMILES string of the molecule is CCN1CCCC1CN(C)C(=O)c1cc(N)cc(Cl)c1. The molecule has 1 saturated heterocycles. The Morgan fingerprint density at radius 1 is 1.50 bits per heavy atom. The molecule has 0 aromatic heterocycles. The smallest absolute Gasteiger partial charge is 0.253 e. The Morgan fingerprint density at radius 3 is 2.90 bits per heavy atom. The van der Waals surface area contributed by atoms with Crippen molar-refractivity contribution in [3.05, 3.63) is 28.8 Å². The molecule has 2 rings (SSSR count). The normalized spacial score (nSPS) is 19.2. The van der Waals surface area contributed by atoms with E-state index in [4.69, 9.17) is 17.3 Å². The Hall–Kier alpha value is -1.26. The van der Waals surface area contributed by atoms with Crippen LogP contribution in [0, 0.1) is 0 Å². The lowest BCUT2D eigenvalue weighted by atomic mass is 10.1. The van der Waals surface area contributed by atoms with Gasteiger partial charge in [-0.25, -0.2) is 0 Å². The number of likely N-dealkylation sites (N-methyl/N-ethyl adjacent to an activating group) is 2. The van der Waals surface area contributed by atoms with Gasteiger partial charge in [0.2, 0.25) is 0 Å². The molecular weight excluding hydrogens is 274 g/mol. The molecule has 20 heavy (non-hydrogen) atoms. The van der Waals surface area contributed by atoms with Crippen LogP contribution in [0.5, 0.6) is 0 Å². The van der Waals surface area contributed by atoms with Crippen molar-refractivity contribution in [2.45, 2.75) is 25.8 Å². The molecule has 1 aromatic carbocycles. The number of halogens is 1. The zero-order chi connectivity index (χ0) is 14.7. The number of nitrogens with two attached hydrogens (primary N) is 1. The van der Waals surface area contributed by atoms with Gasteiger partial charge in [0.25, 0.3) is 5.91 Å². The number of amides is 1. The van der Waals surface area contributed by atoms with Crippen LogP contribution >= 0.6 is 11.6 Å². The zero-order valence-electron chi connectivity index (χ0n) is 12.1. The van der Waals surface area contributed by atoms with Gasteiger partial charge in [0.15, 0.2) is 0 Å². The first-order valence-corrected chi connectivity index (χ1v) is 7.44. The van der Waals surface area contributed by atoms with Crippen molar-refractivity contribution in [1.82, 2.24) is 9.80 Å². The molecule has 110 valence electrons. The molecule has 0 radical (unpaired) electrons. The third kappa shape index (κ3) is 3.44. The molecule has 0 saturated carbocycles. The van der Waals surface area contributed by atoms with E-state index in [1.807, 2.05) is 7.05 Å². The predicted molar refractivity (Wildman–Crippen MR) is 83.1 cm³/mol. The molecule has 1 aromatic rings. The van der Waals surface area contributed by atoms with Crippen molar-refractivity contribution < 1.29 is 4.79 Å². The van der Waals surface area contributed by atoms with Gasteiger partial charge in [0, 0.05) is 35.9 Å². The Bertz CT molecular complexity index is 472. The van der Waals surface area contributed by atoms with E-state index in [2.05, 4.69) is 11.8 Å². The highest BCUT2D eigenvalue weighted by Gasteiger charge is 2.26. The van der Waals surface area contributed by atoms with Crippen LogP contribution in [0.15, 0.2) is 18.2 Å². The Labute approximate surface area is 125 Å². The number of likely N-dealkylation sites (tertiary alicyclic amines) is 1. The topological polar surface area (TPSA) is 49.6 Å². The van der Waals surface area contributed by atoms with Gasteiger partial charge in [-0.1, -0.05) is 18.5 Å². The zero-order valence-corrected chi connectivity index (χ0v) is 12.9. The molecule has 0 bridgehead atoms. The maximum absolute atomic E-state index is 12.4. The molecular formula is C15H22ClN3O. The highest BCUT2D eigenvalue weighted by Crippen LogP contribution is 2.20. The number of anilines is 1. The second-order valence-corrected chi connectivity index (χ2v) is 5.82. The Balaban J connectivity index is 2.04. The van der Waals surface area contributed by atoms with E-state index >= 15 is 0 Å². The second-order valence-electron chi connectivity index (χ2n) is 5.38. The summed E-state index contributed by atoms with van der Waals surface area (Å²) in [5, 5.41) is 0.498. The molecule has 0 spiro atoms. The summed E-state index contributed by atoms with van der Waals surface area (Å²) in [5.41, 5.74) is 6.81. The molecule has 5 heteroatoms. The second kappa shape index (κ2) is 6.46. The minimum Gasteiger partial charge on any atom is -0.399 e. The highest BCUT2D eigenvalue weighted by molar-refractivity contribution is 6.31. The minimum absolute atomic E-state index is 0.0258. The van der Waals surface area contributed by atoms with Crippen LogP contribution < -0.4 is 5.73 Å². The maximum Gasteiger partial charge on any atom is 0.253 e. The third-order valence-electron chi connectivity index (χ3n) is 3.90. The van der Waals surface area contributed by atoms with Crippen LogP contribution in [-0.4, -0.2) is 48.4 Å². The van der Waals surface area contributed by atoms with Crippen LogP contribution in [0.4, 0.5) is 5.69 Å². The van der Waals surface area contributed by atoms with Gasteiger partial charge in [-0.05, 0) is 44.1 Å². The summed E-state index contributed by atoms with van der Waals surface area (Å²) in [6.07, 6.45) is 2.37. The fraction of sp³-hybridized carbons (Fsp3) is 0.533. The van der Waals surface area contributed by atoms with E-state index in [1.165, 1.54) is 6.42 Å². The Kier molecular flexibility index (Phi) is 4.89. The largest absolute Gasteiger partial charge is 0.399 e. The standard InChI is InChI=1S/C15H22ClN3O/c1-3-19-6-4-5-14(19)10-18(2)15(20)11-7-12(16)9-13(17)8-11/h7-9,14H,3-6,10,17H2,1-2H3. The number of hydrogen-bond acceptors (Lipinski definition) is 3. The summed E-state index contributed by atoms with van der Waals surface area (Å²) >= 11 is 5.96. The van der Waals surface area contributed by atoms with E-state index in [1.54, 1.807) is 23.1 Å². The number of carbonyl (C=O) groups is 1. The molecule has 1 atom stereocenters. The lowest BCUT2D eigenvalue weighted by Gasteiger charge is -2.27. The van der Waals surface area contributed by atoms with Crippen molar-refractivity contribution in [1.29, 1.82) is 0 Å². The number of benzene rings is 1. The summed E-state index contributed by atoms with van der Waals surface area (Å²) < 4.78 is 0. The lowest BCUT2D eigenvalue weighted by Crippen LogP contribution is -2.41. The summed E-state index contributed by atoms with van der Waals surface area (Å²) in [6, 6.07) is 5.46. The summed E-state index contributed by atoms with van der Waals surface area (Å²) in [4.78, 5) is 16.6. The van der Waals surface area contributed by atoms with Crippen LogP contribution in [-0.2, 0) is 0 Å². The van der Waals surface area contributed by atoms with E-state index in [-0.39, 0.29) is 5.91 Å². The summed E-state index contributed by atoms with van der Waals surface area (Å²) in [7, 11) is 1.84. The van der Waals surface area contributed by atoms with E-state index in [0.717, 1.165) is 26.1 Å². The first-order valence-electron chi connectivity index (χ1n) is 7.07. The molecule has 1 aliphatic heterocycles. The molecule has 2 N–H and O–H groups in total. The van der Waals surface area contributed by atoms with Crippen LogP contribution in [0.2, 0.25) is 5.02 Å². The fourth-order valence-corrected chi connectivity index (χ4v) is 3.12. The lowest BCUT2D eigenvalue weighted by molar-refractivity contribution is 0.0754. The van der Waals surface area contributed by atoms with Crippen LogP contribution in [0.25, 0.3) is 0 Å². The number of hydrogen-bond donors (Lipinski definition) is 1. The van der Waals surface area contributed by atoms with Gasteiger partial charge in [0.05, 0.1) is 0 Å². The summed E-state index contributed by atoms with van der Waals surface area (Å²) in [5.74, 6) is -0.0258. The number of nitrogens with zero attached hydrogens (tertiary/aromatic N) is 2. The van der Waals surface area contributed by atoms with Crippen molar-refractivity contribution in [3.63, 3.8) is 0 Å². The number of nitrogen functional groups attached to an aromatic ring is 1. The first-order chi connectivity index (χ1) is 9.51. The quantitative estimate of drug-likeness (QED) is 0.868. The van der Waals surface area contributed by atoms with Crippen molar-refractivity contribution in [2.24, 2.45) is 0 Å².